The number of hydrogen-bond donors (Lipinski definition) is 1. The van der Waals surface area contributed by atoms with E-state index in [9.17, 15) is 17.6 Å². The van der Waals surface area contributed by atoms with Crippen molar-refractivity contribution in [2.24, 2.45) is 5.10 Å². The zero-order valence-corrected chi connectivity index (χ0v) is 18.5. The topological polar surface area (TPSA) is 88.1 Å². The summed E-state index contributed by atoms with van der Waals surface area (Å²) in [7, 11) is -2.62. The Labute approximate surface area is 190 Å². The normalized spacial score (nSPS) is 11.3. The van der Waals surface area contributed by atoms with Gasteiger partial charge in [-0.25, -0.2) is 18.2 Å². The van der Waals surface area contributed by atoms with Crippen LogP contribution in [0.4, 0.5) is 10.1 Å². The Kier molecular flexibility index (Phi) is 7.45. The first-order chi connectivity index (χ1) is 15.3. The maximum atomic E-state index is 13.3. The number of benzene rings is 3. The summed E-state index contributed by atoms with van der Waals surface area (Å²) < 4.78 is 45.5. The molecule has 0 atom stereocenters. The molecular weight excluding hydrogens is 457 g/mol. The predicted octanol–water partition coefficient (Wildman–Crippen LogP) is 3.83. The van der Waals surface area contributed by atoms with Crippen LogP contribution >= 0.6 is 11.6 Å². The lowest BCUT2D eigenvalue weighted by Gasteiger charge is -2.23. The molecule has 1 N–H and O–H groups in total. The average Bonchev–Trinajstić information content (AvgIpc) is 2.79. The first-order valence-electron chi connectivity index (χ1n) is 9.29. The molecule has 0 saturated carbocycles. The molecule has 7 nitrogen and oxygen atoms in total. The summed E-state index contributed by atoms with van der Waals surface area (Å²) in [5.74, 6) is -0.571. The largest absolute Gasteiger partial charge is 0.497 e. The van der Waals surface area contributed by atoms with E-state index in [1.54, 1.807) is 0 Å². The van der Waals surface area contributed by atoms with E-state index in [0.29, 0.717) is 16.3 Å². The highest BCUT2D eigenvalue weighted by molar-refractivity contribution is 7.92. The summed E-state index contributed by atoms with van der Waals surface area (Å²) in [6.45, 7) is -0.531. The van der Waals surface area contributed by atoms with E-state index in [4.69, 9.17) is 16.3 Å². The molecule has 0 saturated heterocycles. The van der Waals surface area contributed by atoms with Crippen LogP contribution in [0, 0.1) is 5.82 Å². The van der Waals surface area contributed by atoms with Crippen molar-refractivity contribution in [2.75, 3.05) is 18.0 Å². The summed E-state index contributed by atoms with van der Waals surface area (Å²) in [5.41, 5.74) is 3.10. The third-order valence-corrected chi connectivity index (χ3v) is 6.36. The molecule has 0 heterocycles. The number of anilines is 1. The number of rotatable bonds is 8. The number of carbonyl (C=O) groups is 1. The lowest BCUT2D eigenvalue weighted by molar-refractivity contribution is -0.119. The molecule has 0 aromatic heterocycles. The first-order valence-corrected chi connectivity index (χ1v) is 11.1. The number of ether oxygens (including phenoxy) is 1. The van der Waals surface area contributed by atoms with E-state index in [1.165, 1.54) is 86.1 Å². The van der Waals surface area contributed by atoms with Gasteiger partial charge in [0.2, 0.25) is 0 Å². The molecule has 0 aliphatic carbocycles. The van der Waals surface area contributed by atoms with Gasteiger partial charge in [-0.15, -0.1) is 0 Å². The molecule has 0 bridgehead atoms. The number of methoxy groups -OCH3 is 1. The molecular formula is C22H19ClFN3O4S. The van der Waals surface area contributed by atoms with Crippen molar-refractivity contribution in [1.29, 1.82) is 0 Å². The van der Waals surface area contributed by atoms with Crippen LogP contribution in [0.1, 0.15) is 5.56 Å². The second-order valence-corrected chi connectivity index (χ2v) is 8.81. The Morgan fingerprint density at radius 2 is 1.69 bits per heavy atom. The quantitative estimate of drug-likeness (QED) is 0.396. The van der Waals surface area contributed by atoms with Crippen LogP contribution in [-0.2, 0) is 14.8 Å². The maximum Gasteiger partial charge on any atom is 0.264 e. The Morgan fingerprint density at radius 3 is 2.28 bits per heavy atom. The van der Waals surface area contributed by atoms with E-state index in [-0.39, 0.29) is 10.6 Å². The maximum absolute atomic E-state index is 13.3. The number of hydrogen-bond acceptors (Lipinski definition) is 5. The summed E-state index contributed by atoms with van der Waals surface area (Å²) >= 11 is 5.92. The number of carbonyl (C=O) groups excluding carboxylic acids is 1. The molecule has 3 rings (SSSR count). The van der Waals surface area contributed by atoms with Gasteiger partial charge in [-0.2, -0.15) is 5.10 Å². The molecule has 0 unspecified atom stereocenters. The van der Waals surface area contributed by atoms with E-state index in [1.807, 2.05) is 0 Å². The van der Waals surface area contributed by atoms with Crippen molar-refractivity contribution >= 4 is 39.4 Å². The lowest BCUT2D eigenvalue weighted by atomic mass is 10.2. The average molecular weight is 476 g/mol. The Balaban J connectivity index is 1.83. The fourth-order valence-corrected chi connectivity index (χ4v) is 4.24. The van der Waals surface area contributed by atoms with Crippen LogP contribution in [0.5, 0.6) is 5.75 Å². The zero-order valence-electron chi connectivity index (χ0n) is 16.9. The second-order valence-electron chi connectivity index (χ2n) is 6.51. The predicted molar refractivity (Wildman–Crippen MR) is 121 cm³/mol. The van der Waals surface area contributed by atoms with Gasteiger partial charge >= 0.3 is 0 Å². The lowest BCUT2D eigenvalue weighted by Crippen LogP contribution is -2.39. The van der Waals surface area contributed by atoms with Gasteiger partial charge in [0.1, 0.15) is 18.1 Å². The Hall–Kier alpha value is -3.43. The first kappa shape index (κ1) is 23.2. The molecule has 0 aliphatic rings. The minimum Gasteiger partial charge on any atom is -0.497 e. The molecule has 10 heteroatoms. The molecule has 0 spiro atoms. The van der Waals surface area contributed by atoms with Crippen molar-refractivity contribution in [3.8, 4) is 5.75 Å². The van der Waals surface area contributed by atoms with Crippen LogP contribution in [0.3, 0.4) is 0 Å². The highest BCUT2D eigenvalue weighted by Gasteiger charge is 2.27. The monoisotopic (exact) mass is 475 g/mol. The summed E-state index contributed by atoms with van der Waals surface area (Å²) in [4.78, 5) is 12.5. The smallest absolute Gasteiger partial charge is 0.264 e. The van der Waals surface area contributed by atoms with E-state index in [0.717, 1.165) is 4.31 Å². The van der Waals surface area contributed by atoms with Crippen LogP contribution in [0.25, 0.3) is 0 Å². The van der Waals surface area contributed by atoms with Crippen LogP contribution in [-0.4, -0.2) is 34.2 Å². The van der Waals surface area contributed by atoms with E-state index >= 15 is 0 Å². The molecule has 1 amide bonds. The highest BCUT2D eigenvalue weighted by atomic mass is 35.5. The summed E-state index contributed by atoms with van der Waals surface area (Å²) in [6.07, 6.45) is 1.32. The molecule has 32 heavy (non-hydrogen) atoms. The molecule has 3 aromatic carbocycles. The van der Waals surface area contributed by atoms with Crippen molar-refractivity contribution in [1.82, 2.24) is 5.43 Å². The van der Waals surface area contributed by atoms with Gasteiger partial charge in [0, 0.05) is 5.02 Å². The minimum absolute atomic E-state index is 0.0177. The molecule has 0 aliphatic heterocycles. The summed E-state index contributed by atoms with van der Waals surface area (Å²) in [5, 5.41) is 4.22. The minimum atomic E-state index is -4.09. The van der Waals surface area contributed by atoms with Crippen molar-refractivity contribution < 1.29 is 22.3 Å². The van der Waals surface area contributed by atoms with Gasteiger partial charge in [-0.05, 0) is 66.2 Å². The van der Waals surface area contributed by atoms with E-state index < -0.39 is 28.3 Å². The third kappa shape index (κ3) is 5.83. The number of amides is 1. The molecule has 166 valence electrons. The Bertz CT molecular complexity index is 1200. The van der Waals surface area contributed by atoms with Gasteiger partial charge in [0.05, 0.1) is 23.9 Å². The fourth-order valence-electron chi connectivity index (χ4n) is 2.69. The number of nitrogens with zero attached hydrogens (tertiary/aromatic N) is 2. The number of halogens is 2. The fraction of sp³-hybridized carbons (Fsp3) is 0.0909. The van der Waals surface area contributed by atoms with Gasteiger partial charge in [-0.3, -0.25) is 9.10 Å². The number of nitrogens with one attached hydrogen (secondary N) is 1. The third-order valence-electron chi connectivity index (χ3n) is 4.32. The van der Waals surface area contributed by atoms with Gasteiger partial charge in [0.15, 0.2) is 0 Å². The van der Waals surface area contributed by atoms with Crippen molar-refractivity contribution in [3.63, 3.8) is 0 Å². The number of hydrazone groups is 1. The van der Waals surface area contributed by atoms with E-state index in [2.05, 4.69) is 10.5 Å². The standard InChI is InChI=1S/C22H19ClFN3O4S/c1-31-20-10-12-21(13-11-20)32(29,30)27(19-8-4-17(23)5-9-19)15-22(28)26-25-14-16-2-6-18(24)7-3-16/h2-14H,15H2,1H3,(H,26,28)/b25-14-. The molecule has 0 fully saturated rings. The van der Waals surface area contributed by atoms with Crippen molar-refractivity contribution in [3.05, 3.63) is 89.2 Å². The second kappa shape index (κ2) is 10.3. The van der Waals surface area contributed by atoms with Gasteiger partial charge < -0.3 is 4.74 Å². The Morgan fingerprint density at radius 1 is 1.06 bits per heavy atom. The van der Waals surface area contributed by atoms with Crippen LogP contribution < -0.4 is 14.5 Å². The van der Waals surface area contributed by atoms with Crippen LogP contribution in [0.2, 0.25) is 5.02 Å². The number of sulfonamides is 1. The zero-order chi connectivity index (χ0) is 23.1. The molecule has 0 radical (unpaired) electrons. The van der Waals surface area contributed by atoms with Gasteiger partial charge in [-0.1, -0.05) is 23.7 Å². The highest BCUT2D eigenvalue weighted by Crippen LogP contribution is 2.26. The van der Waals surface area contributed by atoms with Crippen molar-refractivity contribution in [2.45, 2.75) is 4.90 Å². The SMILES string of the molecule is COc1ccc(S(=O)(=O)N(CC(=O)N/N=C\c2ccc(F)cc2)c2ccc(Cl)cc2)cc1. The molecule has 3 aromatic rings. The van der Waals surface area contributed by atoms with Gasteiger partial charge in [0.25, 0.3) is 15.9 Å². The van der Waals surface area contributed by atoms with Crippen LogP contribution in [0.15, 0.2) is 82.8 Å². The summed E-state index contributed by atoms with van der Waals surface area (Å²) in [6, 6.07) is 17.3.